The topological polar surface area (TPSA) is 53.4 Å². The van der Waals surface area contributed by atoms with E-state index >= 15 is 0 Å². The van der Waals surface area contributed by atoms with Crippen LogP contribution in [0.5, 0.6) is 0 Å². The number of carboxylic acid groups (broad SMARTS) is 1. The number of hydrogen-bond acceptors (Lipinski definition) is 3. The molecule has 0 aliphatic rings. The number of aliphatic carboxylic acids is 1. The van der Waals surface area contributed by atoms with Gasteiger partial charge in [-0.3, -0.25) is 0 Å². The number of carboxylic acids is 1. The minimum absolute atomic E-state index is 0.330. The molecular weight excluding hydrogens is 228 g/mol. The Morgan fingerprint density at radius 1 is 1.56 bits per heavy atom. The Morgan fingerprint density at radius 3 is 2.83 bits per heavy atom. The summed E-state index contributed by atoms with van der Waals surface area (Å²) in [5.41, 5.74) is 0.835. The van der Waals surface area contributed by atoms with Crippen LogP contribution >= 0.6 is 0 Å². The van der Waals surface area contributed by atoms with E-state index in [0.29, 0.717) is 6.04 Å². The average molecular weight is 248 g/mol. The summed E-state index contributed by atoms with van der Waals surface area (Å²) in [7, 11) is 0. The van der Waals surface area contributed by atoms with Crippen LogP contribution in [0.2, 0.25) is 0 Å². The molecule has 1 heterocycles. The molecular formula is C14H20N2O2. The highest BCUT2D eigenvalue weighted by molar-refractivity contribution is 5.86. The summed E-state index contributed by atoms with van der Waals surface area (Å²) in [6, 6.07) is 4.03. The molecule has 98 valence electrons. The molecule has 0 bridgehead atoms. The first-order valence-corrected chi connectivity index (χ1v) is 6.19. The Bertz CT molecular complexity index is 428. The second-order valence-electron chi connectivity index (χ2n) is 4.37. The normalized spacial score (nSPS) is 11.1. The van der Waals surface area contributed by atoms with Crippen LogP contribution in [0, 0.1) is 0 Å². The summed E-state index contributed by atoms with van der Waals surface area (Å²) in [4.78, 5) is 17.2. The Kier molecular flexibility index (Phi) is 5.36. The fourth-order valence-electron chi connectivity index (χ4n) is 1.79. The van der Waals surface area contributed by atoms with E-state index in [1.807, 2.05) is 12.1 Å². The van der Waals surface area contributed by atoms with Gasteiger partial charge in [0.15, 0.2) is 0 Å². The molecule has 0 saturated heterocycles. The number of rotatable bonds is 6. The highest BCUT2D eigenvalue weighted by Crippen LogP contribution is 2.21. The van der Waals surface area contributed by atoms with Crippen LogP contribution in [0.4, 0.5) is 5.82 Å². The SMILES string of the molecule is CCCN(c1ncccc1/C=C/C(=O)O)C(C)C. The van der Waals surface area contributed by atoms with Crippen molar-refractivity contribution in [2.75, 3.05) is 11.4 Å². The lowest BCUT2D eigenvalue weighted by atomic mass is 10.2. The molecule has 1 N–H and O–H groups in total. The van der Waals surface area contributed by atoms with E-state index in [-0.39, 0.29) is 0 Å². The minimum Gasteiger partial charge on any atom is -0.478 e. The molecule has 0 atom stereocenters. The summed E-state index contributed by atoms with van der Waals surface area (Å²) < 4.78 is 0. The first-order valence-electron chi connectivity index (χ1n) is 6.19. The predicted octanol–water partition coefficient (Wildman–Crippen LogP) is 2.80. The molecule has 1 aromatic rings. The molecule has 0 fully saturated rings. The van der Waals surface area contributed by atoms with Gasteiger partial charge in [0.1, 0.15) is 5.82 Å². The second-order valence-corrected chi connectivity index (χ2v) is 4.37. The van der Waals surface area contributed by atoms with Gasteiger partial charge >= 0.3 is 5.97 Å². The Labute approximate surface area is 108 Å². The lowest BCUT2D eigenvalue weighted by molar-refractivity contribution is -0.131. The molecule has 0 aromatic carbocycles. The van der Waals surface area contributed by atoms with Crippen LogP contribution in [-0.4, -0.2) is 28.6 Å². The molecule has 0 spiro atoms. The van der Waals surface area contributed by atoms with Crippen molar-refractivity contribution in [2.24, 2.45) is 0 Å². The Balaban J connectivity index is 3.09. The Hall–Kier alpha value is -1.84. The fourth-order valence-corrected chi connectivity index (χ4v) is 1.79. The highest BCUT2D eigenvalue weighted by Gasteiger charge is 2.13. The maximum Gasteiger partial charge on any atom is 0.328 e. The molecule has 0 amide bonds. The summed E-state index contributed by atoms with van der Waals surface area (Å²) in [6.45, 7) is 7.23. The monoisotopic (exact) mass is 248 g/mol. The van der Waals surface area contributed by atoms with Crippen LogP contribution in [0.25, 0.3) is 6.08 Å². The van der Waals surface area contributed by atoms with E-state index in [1.54, 1.807) is 12.3 Å². The molecule has 4 nitrogen and oxygen atoms in total. The number of aromatic nitrogens is 1. The second kappa shape index (κ2) is 6.79. The van der Waals surface area contributed by atoms with E-state index in [1.165, 1.54) is 0 Å². The maximum absolute atomic E-state index is 10.6. The van der Waals surface area contributed by atoms with Crippen molar-refractivity contribution in [3.63, 3.8) is 0 Å². The van der Waals surface area contributed by atoms with Crippen molar-refractivity contribution >= 4 is 17.9 Å². The van der Waals surface area contributed by atoms with Crippen molar-refractivity contribution in [1.29, 1.82) is 0 Å². The van der Waals surface area contributed by atoms with E-state index < -0.39 is 5.97 Å². The lowest BCUT2D eigenvalue weighted by Crippen LogP contribution is -2.32. The predicted molar refractivity (Wildman–Crippen MR) is 73.7 cm³/mol. The molecule has 0 radical (unpaired) electrons. The third-order valence-electron chi connectivity index (χ3n) is 2.58. The maximum atomic E-state index is 10.6. The minimum atomic E-state index is -0.948. The lowest BCUT2D eigenvalue weighted by Gasteiger charge is -2.28. The van der Waals surface area contributed by atoms with Gasteiger partial charge in [-0.25, -0.2) is 9.78 Å². The van der Waals surface area contributed by atoms with Gasteiger partial charge in [0.25, 0.3) is 0 Å². The summed E-state index contributed by atoms with van der Waals surface area (Å²) in [5, 5.41) is 8.70. The first-order chi connectivity index (χ1) is 8.56. The zero-order chi connectivity index (χ0) is 13.5. The average Bonchev–Trinajstić information content (AvgIpc) is 2.33. The number of carbonyl (C=O) groups is 1. The van der Waals surface area contributed by atoms with Gasteiger partial charge in [-0.2, -0.15) is 0 Å². The van der Waals surface area contributed by atoms with Crippen molar-refractivity contribution < 1.29 is 9.90 Å². The smallest absolute Gasteiger partial charge is 0.328 e. The molecule has 0 aliphatic heterocycles. The quantitative estimate of drug-likeness (QED) is 0.786. The van der Waals surface area contributed by atoms with E-state index in [2.05, 4.69) is 30.7 Å². The van der Waals surface area contributed by atoms with Crippen molar-refractivity contribution in [3.8, 4) is 0 Å². The third kappa shape index (κ3) is 3.87. The first kappa shape index (κ1) is 14.2. The molecule has 0 aliphatic carbocycles. The zero-order valence-electron chi connectivity index (χ0n) is 11.1. The van der Waals surface area contributed by atoms with Gasteiger partial charge < -0.3 is 10.0 Å². The molecule has 4 heteroatoms. The number of pyridine rings is 1. The van der Waals surface area contributed by atoms with Crippen LogP contribution in [0.3, 0.4) is 0 Å². The standard InChI is InChI=1S/C14H20N2O2/c1-4-10-16(11(2)3)14-12(6-5-9-15-14)7-8-13(17)18/h5-9,11H,4,10H2,1-3H3,(H,17,18)/b8-7+. The van der Waals surface area contributed by atoms with Gasteiger partial charge in [-0.15, -0.1) is 0 Å². The van der Waals surface area contributed by atoms with E-state index in [9.17, 15) is 4.79 Å². The van der Waals surface area contributed by atoms with E-state index in [4.69, 9.17) is 5.11 Å². The summed E-state index contributed by atoms with van der Waals surface area (Å²) in [5.74, 6) is -0.108. The largest absolute Gasteiger partial charge is 0.478 e. The zero-order valence-corrected chi connectivity index (χ0v) is 11.1. The summed E-state index contributed by atoms with van der Waals surface area (Å²) >= 11 is 0. The van der Waals surface area contributed by atoms with Crippen LogP contribution in [-0.2, 0) is 4.79 Å². The van der Waals surface area contributed by atoms with Crippen LogP contribution in [0.1, 0.15) is 32.8 Å². The van der Waals surface area contributed by atoms with Gasteiger partial charge in [-0.05, 0) is 38.5 Å². The van der Waals surface area contributed by atoms with Gasteiger partial charge in [-0.1, -0.05) is 6.92 Å². The van der Waals surface area contributed by atoms with Crippen LogP contribution < -0.4 is 4.90 Å². The van der Waals surface area contributed by atoms with Gasteiger partial charge in [0, 0.05) is 30.4 Å². The van der Waals surface area contributed by atoms with Gasteiger partial charge in [0.05, 0.1) is 0 Å². The van der Waals surface area contributed by atoms with Gasteiger partial charge in [0.2, 0.25) is 0 Å². The molecule has 1 aromatic heterocycles. The fraction of sp³-hybridized carbons (Fsp3) is 0.429. The molecule has 1 rings (SSSR count). The number of hydrogen-bond donors (Lipinski definition) is 1. The number of nitrogens with zero attached hydrogens (tertiary/aromatic N) is 2. The summed E-state index contributed by atoms with van der Waals surface area (Å²) in [6.07, 6.45) is 5.50. The third-order valence-corrected chi connectivity index (χ3v) is 2.58. The molecule has 0 unspecified atom stereocenters. The van der Waals surface area contributed by atoms with Crippen molar-refractivity contribution in [2.45, 2.75) is 33.2 Å². The highest BCUT2D eigenvalue weighted by atomic mass is 16.4. The van der Waals surface area contributed by atoms with Crippen molar-refractivity contribution in [1.82, 2.24) is 4.98 Å². The van der Waals surface area contributed by atoms with Crippen LogP contribution in [0.15, 0.2) is 24.4 Å². The number of anilines is 1. The Morgan fingerprint density at radius 2 is 2.28 bits per heavy atom. The van der Waals surface area contributed by atoms with E-state index in [0.717, 1.165) is 30.4 Å². The molecule has 18 heavy (non-hydrogen) atoms. The van der Waals surface area contributed by atoms with Crippen molar-refractivity contribution in [3.05, 3.63) is 30.0 Å². The molecule has 0 saturated carbocycles.